The van der Waals surface area contributed by atoms with E-state index in [1.165, 1.54) is 54.7 Å². The van der Waals surface area contributed by atoms with Crippen molar-refractivity contribution in [3.05, 3.63) is 60.4 Å². The lowest BCUT2D eigenvalue weighted by molar-refractivity contribution is -0.259. The number of hydrogen-bond acceptors (Lipinski definition) is 4. The summed E-state index contributed by atoms with van der Waals surface area (Å²) >= 11 is 0. The van der Waals surface area contributed by atoms with Gasteiger partial charge in [-0.05, 0) is 37.3 Å². The van der Waals surface area contributed by atoms with Crippen LogP contribution >= 0.6 is 0 Å². The quantitative estimate of drug-likeness (QED) is 0.439. The topological polar surface area (TPSA) is 76.7 Å². The Balaban J connectivity index is 2.37. The Kier molecular flexibility index (Phi) is 6.45. The number of para-hydroxylation sites is 1. The van der Waals surface area contributed by atoms with Crippen LogP contribution in [0.3, 0.4) is 0 Å². The predicted molar refractivity (Wildman–Crippen MR) is 91.0 cm³/mol. The molecule has 6 nitrogen and oxygen atoms in total. The molecule has 0 heterocycles. The van der Waals surface area contributed by atoms with Crippen LogP contribution in [0.4, 0.5) is 28.0 Å². The molecule has 28 heavy (non-hydrogen) atoms. The van der Waals surface area contributed by atoms with E-state index in [9.17, 15) is 27.2 Å². The van der Waals surface area contributed by atoms with E-state index < -0.39 is 29.7 Å². The molecule has 2 amide bonds. The zero-order valence-electron chi connectivity index (χ0n) is 14.5. The van der Waals surface area contributed by atoms with Crippen molar-refractivity contribution in [3.8, 4) is 5.75 Å². The van der Waals surface area contributed by atoms with Gasteiger partial charge in [-0.1, -0.05) is 24.3 Å². The number of esters is 1. The summed E-state index contributed by atoms with van der Waals surface area (Å²) in [6, 6.07) is 9.65. The Morgan fingerprint density at radius 1 is 1.04 bits per heavy atom. The molecule has 0 radical (unpaired) electrons. The Hall–Kier alpha value is -3.30. The van der Waals surface area contributed by atoms with E-state index in [1.807, 2.05) is 5.32 Å². The molecule has 0 aromatic heterocycles. The molecule has 150 valence electrons. The average Bonchev–Trinajstić information content (AvgIpc) is 2.61. The molecular formula is C18H16F4N2O4. The Bertz CT molecular complexity index is 830. The van der Waals surface area contributed by atoms with Gasteiger partial charge in [-0.3, -0.25) is 5.32 Å². The zero-order chi connectivity index (χ0) is 20.8. The Labute approximate surface area is 157 Å². The molecule has 2 aromatic carbocycles. The highest BCUT2D eigenvalue weighted by atomic mass is 19.4. The van der Waals surface area contributed by atoms with Crippen LogP contribution in [-0.4, -0.2) is 30.5 Å². The molecule has 1 atom stereocenters. The van der Waals surface area contributed by atoms with Crippen molar-refractivity contribution in [2.75, 3.05) is 11.9 Å². The highest BCUT2D eigenvalue weighted by molar-refractivity contribution is 5.94. The smallest absolute Gasteiger partial charge is 0.460 e. The SMILES string of the molecule is CCOC(=O)C(NC(=O)Nc1cccc(F)c1)(Oc1ccccc1)C(F)(F)F. The summed E-state index contributed by atoms with van der Waals surface area (Å²) in [7, 11) is 0. The summed E-state index contributed by atoms with van der Waals surface area (Å²) in [6.45, 7) is 0.913. The lowest BCUT2D eigenvalue weighted by atomic mass is 10.2. The largest absolute Gasteiger partial charge is 0.461 e. The zero-order valence-corrected chi connectivity index (χ0v) is 14.5. The van der Waals surface area contributed by atoms with Gasteiger partial charge in [0.1, 0.15) is 11.6 Å². The maximum atomic E-state index is 13.9. The standard InChI is InChI=1S/C18H16F4N2O4/c1-2-27-15(25)17(18(20,21)22,28-14-9-4-3-5-10-14)24-16(26)23-13-8-6-7-12(19)11-13/h3-11H,2H2,1H3,(H2,23,24,26). The summed E-state index contributed by atoms with van der Waals surface area (Å²) in [5.41, 5.74) is -3.95. The third-order valence-corrected chi connectivity index (χ3v) is 3.35. The number of amides is 2. The maximum Gasteiger partial charge on any atom is 0.460 e. The number of carbonyl (C=O) groups excluding carboxylic acids is 2. The average molecular weight is 400 g/mol. The molecule has 0 spiro atoms. The van der Waals surface area contributed by atoms with Crippen LogP contribution in [0.1, 0.15) is 6.92 Å². The molecule has 0 aliphatic carbocycles. The summed E-state index contributed by atoms with van der Waals surface area (Å²) < 4.78 is 64.2. The van der Waals surface area contributed by atoms with Gasteiger partial charge >= 0.3 is 23.9 Å². The number of halogens is 4. The van der Waals surface area contributed by atoms with E-state index >= 15 is 0 Å². The van der Waals surface area contributed by atoms with Crippen LogP contribution in [0.5, 0.6) is 5.75 Å². The number of alkyl halides is 3. The van der Waals surface area contributed by atoms with Crippen molar-refractivity contribution in [1.82, 2.24) is 5.32 Å². The first-order valence-corrected chi connectivity index (χ1v) is 8.00. The first-order chi connectivity index (χ1) is 13.2. The molecule has 0 aliphatic rings. The molecule has 0 aliphatic heterocycles. The second-order valence-electron chi connectivity index (χ2n) is 5.40. The van der Waals surface area contributed by atoms with Crippen molar-refractivity contribution in [1.29, 1.82) is 0 Å². The Morgan fingerprint density at radius 3 is 2.29 bits per heavy atom. The second kappa shape index (κ2) is 8.59. The third-order valence-electron chi connectivity index (χ3n) is 3.35. The highest BCUT2D eigenvalue weighted by Gasteiger charge is 2.66. The number of ether oxygens (including phenoxy) is 2. The van der Waals surface area contributed by atoms with E-state index in [2.05, 4.69) is 4.74 Å². The first kappa shape index (κ1) is 21.0. The van der Waals surface area contributed by atoms with E-state index in [0.29, 0.717) is 0 Å². The summed E-state index contributed by atoms with van der Waals surface area (Å²) in [5.74, 6) is -2.91. The first-order valence-electron chi connectivity index (χ1n) is 8.00. The number of carbonyl (C=O) groups is 2. The van der Waals surface area contributed by atoms with Crippen LogP contribution in [0, 0.1) is 5.82 Å². The van der Waals surface area contributed by atoms with E-state index in [0.717, 1.165) is 12.1 Å². The van der Waals surface area contributed by atoms with Crippen LogP contribution in [0.15, 0.2) is 54.6 Å². The number of hydrogen-bond donors (Lipinski definition) is 2. The van der Waals surface area contributed by atoms with Gasteiger partial charge in [0.2, 0.25) is 0 Å². The third kappa shape index (κ3) is 4.90. The second-order valence-corrected chi connectivity index (χ2v) is 5.40. The molecule has 2 rings (SSSR count). The number of benzene rings is 2. The van der Waals surface area contributed by atoms with Crippen LogP contribution in [0.2, 0.25) is 0 Å². The van der Waals surface area contributed by atoms with E-state index in [1.54, 1.807) is 0 Å². The number of anilines is 1. The van der Waals surface area contributed by atoms with Crippen molar-refractivity contribution in [3.63, 3.8) is 0 Å². The van der Waals surface area contributed by atoms with Gasteiger partial charge in [0.05, 0.1) is 6.61 Å². The predicted octanol–water partition coefficient (Wildman–Crippen LogP) is 3.85. The number of nitrogens with one attached hydrogen (secondary N) is 2. The van der Waals surface area contributed by atoms with Crippen LogP contribution < -0.4 is 15.4 Å². The fraction of sp³-hybridized carbons (Fsp3) is 0.222. The molecule has 0 fully saturated rings. The summed E-state index contributed by atoms with van der Waals surface area (Å²) in [5, 5.41) is 3.49. The van der Waals surface area contributed by atoms with Gasteiger partial charge in [0.15, 0.2) is 0 Å². The molecule has 2 N–H and O–H groups in total. The minimum Gasteiger partial charge on any atom is -0.461 e. The molecule has 0 saturated carbocycles. The molecule has 1 unspecified atom stereocenters. The lowest BCUT2D eigenvalue weighted by Gasteiger charge is -2.33. The van der Waals surface area contributed by atoms with Gasteiger partial charge in [-0.25, -0.2) is 14.0 Å². The van der Waals surface area contributed by atoms with E-state index in [-0.39, 0.29) is 18.0 Å². The molecule has 10 heteroatoms. The molecular weight excluding hydrogens is 384 g/mol. The highest BCUT2D eigenvalue weighted by Crippen LogP contribution is 2.34. The summed E-state index contributed by atoms with van der Waals surface area (Å²) in [4.78, 5) is 24.3. The minimum absolute atomic E-state index is 0.128. The van der Waals surface area contributed by atoms with Gasteiger partial charge < -0.3 is 14.8 Å². The minimum atomic E-state index is -5.38. The fourth-order valence-corrected chi connectivity index (χ4v) is 2.15. The lowest BCUT2D eigenvalue weighted by Crippen LogP contribution is -2.69. The number of urea groups is 1. The number of rotatable bonds is 6. The van der Waals surface area contributed by atoms with Gasteiger partial charge in [0.25, 0.3) is 0 Å². The van der Waals surface area contributed by atoms with Crippen molar-refractivity contribution in [2.45, 2.75) is 18.8 Å². The molecule has 0 bridgehead atoms. The summed E-state index contributed by atoms with van der Waals surface area (Å²) in [6.07, 6.45) is -5.38. The monoisotopic (exact) mass is 400 g/mol. The normalized spacial score (nSPS) is 13.2. The van der Waals surface area contributed by atoms with Crippen molar-refractivity contribution < 1.29 is 36.6 Å². The fourth-order valence-electron chi connectivity index (χ4n) is 2.15. The van der Waals surface area contributed by atoms with Gasteiger partial charge in [-0.2, -0.15) is 13.2 Å². The van der Waals surface area contributed by atoms with Crippen molar-refractivity contribution >= 4 is 17.7 Å². The van der Waals surface area contributed by atoms with Crippen molar-refractivity contribution in [2.24, 2.45) is 0 Å². The Morgan fingerprint density at radius 2 is 1.71 bits per heavy atom. The molecule has 2 aromatic rings. The van der Waals surface area contributed by atoms with E-state index in [4.69, 9.17) is 4.74 Å². The van der Waals surface area contributed by atoms with Gasteiger partial charge in [0, 0.05) is 5.69 Å². The molecule has 0 saturated heterocycles. The van der Waals surface area contributed by atoms with Crippen LogP contribution in [-0.2, 0) is 9.53 Å². The van der Waals surface area contributed by atoms with Gasteiger partial charge in [-0.15, -0.1) is 0 Å². The van der Waals surface area contributed by atoms with Crippen LogP contribution in [0.25, 0.3) is 0 Å². The maximum absolute atomic E-state index is 13.9.